The summed E-state index contributed by atoms with van der Waals surface area (Å²) in [4.78, 5) is 22.4. The molecule has 5 nitrogen and oxygen atoms in total. The molecule has 96 valence electrons. The van der Waals surface area contributed by atoms with E-state index in [4.69, 9.17) is 9.47 Å². The van der Waals surface area contributed by atoms with Crippen molar-refractivity contribution in [3.8, 4) is 0 Å². The summed E-state index contributed by atoms with van der Waals surface area (Å²) in [6.07, 6.45) is 1.46. The summed E-state index contributed by atoms with van der Waals surface area (Å²) in [7, 11) is 0. The van der Waals surface area contributed by atoms with Gasteiger partial charge in [-0.2, -0.15) is 0 Å². The molecule has 0 radical (unpaired) electrons. The van der Waals surface area contributed by atoms with Crippen molar-refractivity contribution in [3.05, 3.63) is 25.3 Å². The summed E-state index contributed by atoms with van der Waals surface area (Å²) >= 11 is 0. The van der Waals surface area contributed by atoms with E-state index >= 15 is 0 Å². The van der Waals surface area contributed by atoms with Crippen LogP contribution in [0.4, 0.5) is 0 Å². The van der Waals surface area contributed by atoms with E-state index in [1.54, 1.807) is 6.92 Å². The monoisotopic (exact) mass is 242 g/mol. The van der Waals surface area contributed by atoms with E-state index in [0.29, 0.717) is 6.42 Å². The molecule has 0 aliphatic heterocycles. The van der Waals surface area contributed by atoms with E-state index in [1.807, 2.05) is 0 Å². The zero-order valence-electron chi connectivity index (χ0n) is 10.1. The van der Waals surface area contributed by atoms with Gasteiger partial charge in [0, 0.05) is 18.6 Å². The van der Waals surface area contributed by atoms with Gasteiger partial charge in [0.1, 0.15) is 6.10 Å². The fourth-order valence-electron chi connectivity index (χ4n) is 1.27. The topological polar surface area (TPSA) is 72.8 Å². The van der Waals surface area contributed by atoms with E-state index in [-0.39, 0.29) is 6.42 Å². The Hall–Kier alpha value is -1.62. The van der Waals surface area contributed by atoms with Crippen molar-refractivity contribution in [1.29, 1.82) is 0 Å². The molecule has 0 amide bonds. The minimum Gasteiger partial charge on any atom is -0.416 e. The van der Waals surface area contributed by atoms with Gasteiger partial charge in [0.05, 0.1) is 0 Å². The molecule has 1 unspecified atom stereocenters. The van der Waals surface area contributed by atoms with Crippen LogP contribution in [-0.4, -0.2) is 28.9 Å². The first-order chi connectivity index (χ1) is 7.91. The number of carbonyl (C=O) groups is 2. The molecule has 0 bridgehead atoms. The van der Waals surface area contributed by atoms with Crippen LogP contribution in [0.15, 0.2) is 25.3 Å². The predicted octanol–water partition coefficient (Wildman–Crippen LogP) is 1.32. The average Bonchev–Trinajstić information content (AvgIpc) is 2.28. The van der Waals surface area contributed by atoms with Gasteiger partial charge in [-0.1, -0.05) is 20.1 Å². The summed E-state index contributed by atoms with van der Waals surface area (Å²) in [6.45, 7) is 9.68. The lowest BCUT2D eigenvalue weighted by Crippen LogP contribution is -2.48. The molecule has 0 aromatic heterocycles. The van der Waals surface area contributed by atoms with Crippen molar-refractivity contribution in [3.63, 3.8) is 0 Å². The first-order valence-corrected chi connectivity index (χ1v) is 5.30. The van der Waals surface area contributed by atoms with Gasteiger partial charge in [-0.15, -0.1) is 0 Å². The third kappa shape index (κ3) is 4.40. The maximum Gasteiger partial charge on any atom is 0.333 e. The summed E-state index contributed by atoms with van der Waals surface area (Å²) < 4.78 is 9.93. The van der Waals surface area contributed by atoms with Gasteiger partial charge < -0.3 is 14.6 Å². The van der Waals surface area contributed by atoms with Crippen LogP contribution in [0.3, 0.4) is 0 Å². The van der Waals surface area contributed by atoms with Crippen LogP contribution >= 0.6 is 0 Å². The predicted molar refractivity (Wildman–Crippen MR) is 61.9 cm³/mol. The molecular formula is C12H18O5. The van der Waals surface area contributed by atoms with Crippen LogP contribution in [0.5, 0.6) is 0 Å². The molecule has 17 heavy (non-hydrogen) atoms. The van der Waals surface area contributed by atoms with E-state index in [2.05, 4.69) is 13.2 Å². The fraction of sp³-hybridized carbons (Fsp3) is 0.500. The fourth-order valence-corrected chi connectivity index (χ4v) is 1.27. The Morgan fingerprint density at radius 2 is 1.71 bits per heavy atom. The second kappa shape index (κ2) is 6.85. The molecule has 0 rings (SSSR count). The highest BCUT2D eigenvalue weighted by molar-refractivity contribution is 5.83. The maximum absolute atomic E-state index is 11.2. The molecule has 0 saturated heterocycles. The second-order valence-corrected chi connectivity index (χ2v) is 3.49. The number of hydrogen-bond donors (Lipinski definition) is 1. The highest BCUT2D eigenvalue weighted by Crippen LogP contribution is 2.25. The van der Waals surface area contributed by atoms with E-state index in [9.17, 15) is 14.7 Å². The Bertz CT molecular complexity index is 284. The third-order valence-electron chi connectivity index (χ3n) is 2.12. The number of esters is 2. The Kier molecular flexibility index (Phi) is 6.20. The smallest absolute Gasteiger partial charge is 0.333 e. The number of hydrogen-bond acceptors (Lipinski definition) is 5. The molecular weight excluding hydrogens is 224 g/mol. The quantitative estimate of drug-likeness (QED) is 0.414. The first-order valence-electron chi connectivity index (χ1n) is 5.30. The molecule has 0 aliphatic rings. The van der Waals surface area contributed by atoms with Crippen molar-refractivity contribution in [2.24, 2.45) is 0 Å². The summed E-state index contributed by atoms with van der Waals surface area (Å²) in [5.74, 6) is -3.22. The lowest BCUT2D eigenvalue weighted by molar-refractivity contribution is -0.255. The van der Waals surface area contributed by atoms with Crippen molar-refractivity contribution < 1.29 is 24.2 Å². The van der Waals surface area contributed by atoms with Crippen LogP contribution < -0.4 is 0 Å². The Balaban J connectivity index is 5.10. The summed E-state index contributed by atoms with van der Waals surface area (Å²) in [6, 6.07) is 0. The molecule has 0 aliphatic carbocycles. The molecule has 0 spiro atoms. The van der Waals surface area contributed by atoms with Gasteiger partial charge in [-0.25, -0.2) is 9.59 Å². The number of aliphatic hydroxyl groups excluding tert-OH is 1. The second-order valence-electron chi connectivity index (χ2n) is 3.49. The third-order valence-corrected chi connectivity index (χ3v) is 2.12. The summed E-state index contributed by atoms with van der Waals surface area (Å²) in [5, 5.41) is 9.66. The van der Waals surface area contributed by atoms with Gasteiger partial charge in [-0.3, -0.25) is 0 Å². The Morgan fingerprint density at radius 1 is 1.29 bits per heavy atom. The summed E-state index contributed by atoms with van der Waals surface area (Å²) in [5.41, 5.74) is 0. The van der Waals surface area contributed by atoms with Crippen LogP contribution in [-0.2, 0) is 19.1 Å². The molecule has 5 heteroatoms. The van der Waals surface area contributed by atoms with Crippen LogP contribution in [0.25, 0.3) is 0 Å². The first kappa shape index (κ1) is 15.4. The maximum atomic E-state index is 11.2. The van der Waals surface area contributed by atoms with Crippen molar-refractivity contribution in [2.75, 3.05) is 0 Å². The van der Waals surface area contributed by atoms with Crippen LogP contribution in [0.1, 0.15) is 26.7 Å². The zero-order chi connectivity index (χ0) is 13.5. The van der Waals surface area contributed by atoms with Crippen molar-refractivity contribution in [2.45, 2.75) is 38.6 Å². The SMILES string of the molecule is C=CC(=O)OC(CCC)(OC(=O)C=C)C(C)O. The lowest BCUT2D eigenvalue weighted by atomic mass is 10.1. The minimum absolute atomic E-state index is 0.184. The van der Waals surface area contributed by atoms with Crippen molar-refractivity contribution >= 4 is 11.9 Å². The zero-order valence-corrected chi connectivity index (χ0v) is 10.1. The number of carbonyl (C=O) groups excluding carboxylic acids is 2. The van der Waals surface area contributed by atoms with Gasteiger partial charge in [0.25, 0.3) is 5.79 Å². The molecule has 0 saturated carbocycles. The molecule has 0 heterocycles. The average molecular weight is 242 g/mol. The van der Waals surface area contributed by atoms with Crippen LogP contribution in [0.2, 0.25) is 0 Å². The number of aliphatic hydroxyl groups is 1. The van der Waals surface area contributed by atoms with Gasteiger partial charge >= 0.3 is 11.9 Å². The highest BCUT2D eigenvalue weighted by atomic mass is 16.7. The van der Waals surface area contributed by atoms with E-state index in [1.165, 1.54) is 6.92 Å². The number of ether oxygens (including phenoxy) is 2. The molecule has 1 N–H and O–H groups in total. The molecule has 1 atom stereocenters. The Labute approximate surface area is 101 Å². The molecule has 0 aromatic rings. The van der Waals surface area contributed by atoms with Crippen LogP contribution in [0, 0.1) is 0 Å². The highest BCUT2D eigenvalue weighted by Gasteiger charge is 2.42. The Morgan fingerprint density at radius 3 is 1.94 bits per heavy atom. The normalized spacial score (nSPS) is 12.4. The minimum atomic E-state index is -1.69. The number of rotatable bonds is 7. The van der Waals surface area contributed by atoms with Gasteiger partial charge in [0.2, 0.25) is 0 Å². The standard InChI is InChI=1S/C12H18O5/c1-5-8-12(9(4)13,16-10(14)6-2)17-11(15)7-3/h6-7,9,13H,2-3,5,8H2,1,4H3. The van der Waals surface area contributed by atoms with Crippen molar-refractivity contribution in [1.82, 2.24) is 0 Å². The molecule has 0 aromatic carbocycles. The largest absolute Gasteiger partial charge is 0.416 e. The van der Waals surface area contributed by atoms with Gasteiger partial charge in [-0.05, 0) is 13.3 Å². The van der Waals surface area contributed by atoms with E-state index in [0.717, 1.165) is 12.2 Å². The van der Waals surface area contributed by atoms with Gasteiger partial charge in [0.15, 0.2) is 0 Å². The lowest BCUT2D eigenvalue weighted by Gasteiger charge is -2.34. The molecule has 0 fully saturated rings. The van der Waals surface area contributed by atoms with E-state index < -0.39 is 23.8 Å².